The van der Waals surface area contributed by atoms with E-state index in [0.717, 1.165) is 42.2 Å². The maximum atomic E-state index is 13.1. The van der Waals surface area contributed by atoms with Gasteiger partial charge in [0.25, 0.3) is 5.56 Å². The zero-order valence-corrected chi connectivity index (χ0v) is 14.6. The van der Waals surface area contributed by atoms with Gasteiger partial charge in [0.15, 0.2) is 0 Å². The minimum absolute atomic E-state index is 0.113. The van der Waals surface area contributed by atoms with E-state index >= 15 is 0 Å². The van der Waals surface area contributed by atoms with Gasteiger partial charge in [-0.1, -0.05) is 25.1 Å². The summed E-state index contributed by atoms with van der Waals surface area (Å²) in [7, 11) is 1.65. The Kier molecular flexibility index (Phi) is 3.82. The molecule has 0 saturated carbocycles. The molecule has 25 heavy (non-hydrogen) atoms. The van der Waals surface area contributed by atoms with Crippen LogP contribution in [0.1, 0.15) is 32.2 Å². The summed E-state index contributed by atoms with van der Waals surface area (Å²) in [5, 5.41) is 5.95. The largest absolute Gasteiger partial charge is 0.341 e. The highest BCUT2D eigenvalue weighted by molar-refractivity contribution is 6.08. The van der Waals surface area contributed by atoms with Crippen molar-refractivity contribution >= 4 is 27.7 Å². The number of para-hydroxylation sites is 1. The van der Waals surface area contributed by atoms with Crippen LogP contribution in [-0.4, -0.2) is 38.2 Å². The van der Waals surface area contributed by atoms with Crippen LogP contribution in [0, 0.1) is 0 Å². The third kappa shape index (κ3) is 2.35. The van der Waals surface area contributed by atoms with Crippen LogP contribution in [-0.2, 0) is 11.8 Å². The molecular weight excluding hydrogens is 316 g/mol. The van der Waals surface area contributed by atoms with E-state index in [1.54, 1.807) is 13.2 Å². The number of aryl methyl sites for hydroxylation is 1. The number of hydrogen-bond acceptors (Lipinski definition) is 3. The Morgan fingerprint density at radius 1 is 1.20 bits per heavy atom. The lowest BCUT2D eigenvalue weighted by molar-refractivity contribution is -0.133. The van der Waals surface area contributed by atoms with Gasteiger partial charge in [0.05, 0.1) is 11.7 Å². The molecule has 0 spiro atoms. The van der Waals surface area contributed by atoms with Gasteiger partial charge in [0.2, 0.25) is 5.91 Å². The number of aromatic nitrogens is 3. The number of nitrogens with zero attached hydrogens (tertiary/aromatic N) is 4. The van der Waals surface area contributed by atoms with Crippen molar-refractivity contribution in [3.8, 4) is 0 Å². The van der Waals surface area contributed by atoms with Crippen LogP contribution in [0.4, 0.5) is 0 Å². The fourth-order valence-electron chi connectivity index (χ4n) is 3.93. The number of benzene rings is 1. The molecule has 3 aromatic rings. The summed E-state index contributed by atoms with van der Waals surface area (Å²) in [6, 6.07) is 7.50. The van der Waals surface area contributed by atoms with Crippen LogP contribution in [0.5, 0.6) is 0 Å². The monoisotopic (exact) mass is 338 g/mol. The second-order valence-corrected chi connectivity index (χ2v) is 6.68. The van der Waals surface area contributed by atoms with Crippen LogP contribution in [0.2, 0.25) is 0 Å². The second-order valence-electron chi connectivity index (χ2n) is 6.68. The summed E-state index contributed by atoms with van der Waals surface area (Å²) in [6.07, 6.45) is 4.49. The molecule has 6 nitrogen and oxygen atoms in total. The standard InChI is InChI=1S/C19H22N4O2/c1-3-15(18(24)22-10-6-7-11-22)23-16-9-5-4-8-13(16)14-12-20-21(2)19(25)17(14)23/h4-5,8-9,12,15H,3,6-7,10-11H2,1-2H3/t15-/m0/s1. The maximum Gasteiger partial charge on any atom is 0.291 e. The van der Waals surface area contributed by atoms with Crippen molar-refractivity contribution in [1.82, 2.24) is 19.2 Å². The molecule has 4 rings (SSSR count). The van der Waals surface area contributed by atoms with Gasteiger partial charge in [-0.2, -0.15) is 5.10 Å². The molecule has 1 aromatic carbocycles. The molecule has 0 radical (unpaired) electrons. The van der Waals surface area contributed by atoms with E-state index in [-0.39, 0.29) is 17.5 Å². The lowest BCUT2D eigenvalue weighted by Crippen LogP contribution is -2.36. The first kappa shape index (κ1) is 15.9. The Bertz CT molecular complexity index is 1010. The highest BCUT2D eigenvalue weighted by atomic mass is 16.2. The number of carbonyl (C=O) groups is 1. The minimum Gasteiger partial charge on any atom is -0.341 e. The number of carbonyl (C=O) groups excluding carboxylic acids is 1. The lowest BCUT2D eigenvalue weighted by atomic mass is 10.1. The molecule has 0 N–H and O–H groups in total. The molecule has 1 fully saturated rings. The molecule has 1 aliphatic rings. The third-order valence-electron chi connectivity index (χ3n) is 5.21. The number of likely N-dealkylation sites (tertiary alicyclic amines) is 1. The molecule has 0 bridgehead atoms. The Hall–Kier alpha value is -2.63. The zero-order valence-electron chi connectivity index (χ0n) is 14.6. The molecule has 130 valence electrons. The van der Waals surface area contributed by atoms with Crippen molar-refractivity contribution in [2.75, 3.05) is 13.1 Å². The maximum absolute atomic E-state index is 13.1. The average Bonchev–Trinajstić information content (AvgIpc) is 3.26. The van der Waals surface area contributed by atoms with E-state index < -0.39 is 0 Å². The zero-order chi connectivity index (χ0) is 17.6. The number of amides is 1. The molecule has 1 atom stereocenters. The number of fused-ring (bicyclic) bond motifs is 3. The molecule has 0 unspecified atom stereocenters. The number of rotatable bonds is 3. The molecule has 3 heterocycles. The smallest absolute Gasteiger partial charge is 0.291 e. The van der Waals surface area contributed by atoms with Crippen molar-refractivity contribution in [2.24, 2.45) is 7.05 Å². The van der Waals surface area contributed by atoms with E-state index in [9.17, 15) is 9.59 Å². The van der Waals surface area contributed by atoms with Gasteiger partial charge in [0, 0.05) is 30.9 Å². The first-order valence-electron chi connectivity index (χ1n) is 8.87. The van der Waals surface area contributed by atoms with Gasteiger partial charge in [-0.25, -0.2) is 4.68 Å². The average molecular weight is 338 g/mol. The molecule has 0 aliphatic carbocycles. The fourth-order valence-corrected chi connectivity index (χ4v) is 3.93. The summed E-state index contributed by atoms with van der Waals surface area (Å²) < 4.78 is 3.28. The van der Waals surface area contributed by atoms with E-state index in [1.807, 2.05) is 40.7 Å². The van der Waals surface area contributed by atoms with Gasteiger partial charge >= 0.3 is 0 Å². The highest BCUT2D eigenvalue weighted by Crippen LogP contribution is 2.32. The highest BCUT2D eigenvalue weighted by Gasteiger charge is 2.29. The van der Waals surface area contributed by atoms with Gasteiger partial charge in [-0.3, -0.25) is 9.59 Å². The fraction of sp³-hybridized carbons (Fsp3) is 0.421. The first-order chi connectivity index (χ1) is 12.1. The van der Waals surface area contributed by atoms with E-state index in [1.165, 1.54) is 4.68 Å². The summed E-state index contributed by atoms with van der Waals surface area (Å²) in [6.45, 7) is 3.63. The van der Waals surface area contributed by atoms with E-state index in [2.05, 4.69) is 5.10 Å². The van der Waals surface area contributed by atoms with Gasteiger partial charge < -0.3 is 9.47 Å². The van der Waals surface area contributed by atoms with Crippen molar-refractivity contribution in [2.45, 2.75) is 32.2 Å². The predicted molar refractivity (Wildman–Crippen MR) is 97.6 cm³/mol. The summed E-state index contributed by atoms with van der Waals surface area (Å²) in [5.74, 6) is 0.113. The predicted octanol–water partition coefficient (Wildman–Crippen LogP) is 2.46. The van der Waals surface area contributed by atoms with Crippen LogP contribution in [0.25, 0.3) is 21.8 Å². The minimum atomic E-state index is -0.365. The van der Waals surface area contributed by atoms with Crippen LogP contribution in [0.15, 0.2) is 35.3 Å². The van der Waals surface area contributed by atoms with E-state index in [4.69, 9.17) is 0 Å². The summed E-state index contributed by atoms with van der Waals surface area (Å²) in [5.41, 5.74) is 1.32. The van der Waals surface area contributed by atoms with Gasteiger partial charge in [-0.15, -0.1) is 0 Å². The normalized spacial score (nSPS) is 16.0. The first-order valence-corrected chi connectivity index (χ1v) is 8.87. The Morgan fingerprint density at radius 3 is 2.64 bits per heavy atom. The molecule has 1 saturated heterocycles. The van der Waals surface area contributed by atoms with Crippen LogP contribution in [0.3, 0.4) is 0 Å². The van der Waals surface area contributed by atoms with Crippen LogP contribution < -0.4 is 5.56 Å². The number of hydrogen-bond donors (Lipinski definition) is 0. The molecule has 1 aliphatic heterocycles. The van der Waals surface area contributed by atoms with Gasteiger partial charge in [-0.05, 0) is 25.3 Å². The van der Waals surface area contributed by atoms with Crippen molar-refractivity contribution in [1.29, 1.82) is 0 Å². The molecular formula is C19H22N4O2. The van der Waals surface area contributed by atoms with Crippen LogP contribution >= 0.6 is 0 Å². The van der Waals surface area contributed by atoms with Crippen molar-refractivity contribution in [3.05, 3.63) is 40.8 Å². The SMILES string of the molecule is CC[C@@H](C(=O)N1CCCC1)n1c2ccccc2c2cnn(C)c(=O)c21. The van der Waals surface area contributed by atoms with Crippen molar-refractivity contribution in [3.63, 3.8) is 0 Å². The quantitative estimate of drug-likeness (QED) is 0.737. The molecule has 2 aromatic heterocycles. The molecule has 1 amide bonds. The Balaban J connectivity index is 2.02. The Morgan fingerprint density at radius 2 is 1.92 bits per heavy atom. The van der Waals surface area contributed by atoms with E-state index in [0.29, 0.717) is 11.9 Å². The van der Waals surface area contributed by atoms with Gasteiger partial charge in [0.1, 0.15) is 11.6 Å². The third-order valence-corrected chi connectivity index (χ3v) is 5.21. The second kappa shape index (κ2) is 6.02. The topological polar surface area (TPSA) is 60.1 Å². The lowest BCUT2D eigenvalue weighted by Gasteiger charge is -2.24. The van der Waals surface area contributed by atoms with Crippen molar-refractivity contribution < 1.29 is 4.79 Å². The summed E-state index contributed by atoms with van der Waals surface area (Å²) >= 11 is 0. The molecule has 6 heteroatoms. The Labute approximate surface area is 145 Å². The summed E-state index contributed by atoms with van der Waals surface area (Å²) in [4.78, 5) is 27.9.